The number of nitrogens with one attached hydrogen (secondary N) is 2. The number of furan rings is 1. The van der Waals surface area contributed by atoms with Gasteiger partial charge in [-0.2, -0.15) is 0 Å². The number of carbonyl (C=O) groups excluding carboxylic acids is 2. The number of carbonyl (C=O) groups is 2. The van der Waals surface area contributed by atoms with Crippen molar-refractivity contribution in [2.45, 2.75) is 25.4 Å². The molecule has 1 aliphatic rings. The van der Waals surface area contributed by atoms with Gasteiger partial charge in [0.25, 0.3) is 0 Å². The Morgan fingerprint density at radius 2 is 1.92 bits per heavy atom. The minimum atomic E-state index is -0.417. The largest absolute Gasteiger partial charge is 0.465 e. The Morgan fingerprint density at radius 3 is 2.69 bits per heavy atom. The molecule has 2 N–H and O–H groups in total. The van der Waals surface area contributed by atoms with E-state index in [0.717, 1.165) is 22.5 Å². The Kier molecular flexibility index (Phi) is 7.69. The second-order valence-electron chi connectivity index (χ2n) is 9.26. The highest BCUT2D eigenvalue weighted by atomic mass is 32.1. The normalized spacial score (nSPS) is 16.6. The quantitative estimate of drug-likeness (QED) is 0.225. The van der Waals surface area contributed by atoms with Crippen LogP contribution in [0.4, 0.5) is 5.69 Å². The fourth-order valence-corrected chi connectivity index (χ4v) is 5.04. The van der Waals surface area contributed by atoms with Gasteiger partial charge in [-0.15, -0.1) is 0 Å². The van der Waals surface area contributed by atoms with E-state index in [-0.39, 0.29) is 24.4 Å². The number of methoxy groups -OCH3 is 1. The second kappa shape index (κ2) is 11.5. The number of aryl methyl sites for hydroxylation is 1. The van der Waals surface area contributed by atoms with Gasteiger partial charge in [0.1, 0.15) is 17.6 Å². The molecule has 1 saturated heterocycles. The maximum atomic E-state index is 12.8. The molecule has 0 saturated carbocycles. The van der Waals surface area contributed by atoms with Gasteiger partial charge in [-0.3, -0.25) is 9.78 Å². The Balaban J connectivity index is 1.41. The maximum Gasteiger partial charge on any atom is 0.337 e. The second-order valence-corrected chi connectivity index (χ2v) is 9.65. The Labute approximate surface area is 232 Å². The van der Waals surface area contributed by atoms with Gasteiger partial charge >= 0.3 is 5.97 Å². The lowest BCUT2D eigenvalue weighted by Gasteiger charge is -2.25. The number of ether oxygens (including phenoxy) is 1. The lowest BCUT2D eigenvalue weighted by molar-refractivity contribution is -0.116. The highest BCUT2D eigenvalue weighted by Crippen LogP contribution is 2.40. The van der Waals surface area contributed by atoms with E-state index in [0.29, 0.717) is 28.7 Å². The third-order valence-corrected chi connectivity index (χ3v) is 6.92. The number of pyridine rings is 1. The zero-order valence-corrected chi connectivity index (χ0v) is 22.4. The van der Waals surface area contributed by atoms with Crippen LogP contribution < -0.4 is 10.6 Å². The molecule has 8 nitrogen and oxygen atoms in total. The predicted molar refractivity (Wildman–Crippen MR) is 152 cm³/mol. The number of nitrogens with zero attached hydrogens (tertiary/aromatic N) is 2. The van der Waals surface area contributed by atoms with E-state index >= 15 is 0 Å². The number of aromatic nitrogens is 1. The van der Waals surface area contributed by atoms with Crippen LogP contribution in [0, 0.1) is 6.92 Å². The zero-order valence-electron chi connectivity index (χ0n) is 21.6. The summed E-state index contributed by atoms with van der Waals surface area (Å²) in [5.41, 5.74) is 3.82. The molecule has 9 heteroatoms. The first-order chi connectivity index (χ1) is 18.9. The van der Waals surface area contributed by atoms with Crippen LogP contribution in [0.3, 0.4) is 0 Å². The molecule has 39 heavy (non-hydrogen) atoms. The van der Waals surface area contributed by atoms with Gasteiger partial charge < -0.3 is 24.7 Å². The van der Waals surface area contributed by atoms with Crippen molar-refractivity contribution in [2.75, 3.05) is 19.0 Å². The molecule has 5 rings (SSSR count). The summed E-state index contributed by atoms with van der Waals surface area (Å²) in [6.45, 7) is 2.36. The van der Waals surface area contributed by atoms with E-state index in [1.54, 1.807) is 24.4 Å². The van der Waals surface area contributed by atoms with Gasteiger partial charge in [-0.25, -0.2) is 4.79 Å². The number of rotatable bonds is 8. The number of hydrogen-bond acceptors (Lipinski definition) is 6. The molecule has 3 heterocycles. The number of hydrogen-bond donors (Lipinski definition) is 2. The van der Waals surface area contributed by atoms with E-state index in [1.165, 1.54) is 7.11 Å². The molecule has 0 radical (unpaired) electrons. The molecule has 0 spiro atoms. The molecule has 2 aromatic carbocycles. The minimum Gasteiger partial charge on any atom is -0.465 e. The van der Waals surface area contributed by atoms with Crippen LogP contribution in [0.25, 0.3) is 11.3 Å². The average molecular weight is 541 g/mol. The number of thiocarbonyl (C=S) groups is 1. The highest BCUT2D eigenvalue weighted by molar-refractivity contribution is 7.80. The first-order valence-corrected chi connectivity index (χ1v) is 13.0. The van der Waals surface area contributed by atoms with Gasteiger partial charge in [0.05, 0.1) is 24.4 Å². The van der Waals surface area contributed by atoms with Crippen molar-refractivity contribution in [2.24, 2.45) is 0 Å². The van der Waals surface area contributed by atoms with E-state index in [9.17, 15) is 9.59 Å². The summed E-state index contributed by atoms with van der Waals surface area (Å²) < 4.78 is 11.2. The topological polar surface area (TPSA) is 96.7 Å². The summed E-state index contributed by atoms with van der Waals surface area (Å²) >= 11 is 5.72. The fraction of sp³-hybridized carbons (Fsp3) is 0.200. The zero-order chi connectivity index (χ0) is 27.4. The van der Waals surface area contributed by atoms with Crippen molar-refractivity contribution in [1.29, 1.82) is 0 Å². The standard InChI is InChI=1S/C30H28N4O4S/c1-19-7-5-10-22(17-19)32-26(35)14-16-34-28(27(33-30(34)39)23-11-3-4-15-31-23)25-13-12-24(38-25)20-8-6-9-21(18-20)29(36)37-2/h3-13,15,17-18,27-28H,14,16H2,1-2H3,(H,32,35)(H,33,39)/t27-,28+/m1/s1. The highest BCUT2D eigenvalue weighted by Gasteiger charge is 2.41. The lowest BCUT2D eigenvalue weighted by atomic mass is 10.0. The molecule has 2 aromatic heterocycles. The van der Waals surface area contributed by atoms with Crippen molar-refractivity contribution < 1.29 is 18.7 Å². The molecule has 1 aliphatic heterocycles. The molecule has 4 aromatic rings. The summed E-state index contributed by atoms with van der Waals surface area (Å²) in [7, 11) is 1.35. The number of esters is 1. The summed E-state index contributed by atoms with van der Waals surface area (Å²) in [5, 5.41) is 6.85. The van der Waals surface area contributed by atoms with Gasteiger partial charge in [0.2, 0.25) is 5.91 Å². The third kappa shape index (κ3) is 5.83. The smallest absolute Gasteiger partial charge is 0.337 e. The molecule has 1 fully saturated rings. The summed E-state index contributed by atoms with van der Waals surface area (Å²) in [5.74, 6) is 0.739. The summed E-state index contributed by atoms with van der Waals surface area (Å²) in [6.07, 6.45) is 1.97. The number of benzene rings is 2. The van der Waals surface area contributed by atoms with Crippen LogP contribution in [0.15, 0.2) is 89.5 Å². The maximum absolute atomic E-state index is 12.8. The number of amides is 1. The van der Waals surface area contributed by atoms with E-state index in [2.05, 4.69) is 15.6 Å². The monoisotopic (exact) mass is 540 g/mol. The van der Waals surface area contributed by atoms with Crippen LogP contribution in [0.2, 0.25) is 0 Å². The van der Waals surface area contributed by atoms with E-state index in [1.807, 2.05) is 72.5 Å². The van der Waals surface area contributed by atoms with Crippen LogP contribution in [0.1, 0.15) is 45.9 Å². The first kappa shape index (κ1) is 26.1. The van der Waals surface area contributed by atoms with E-state index in [4.69, 9.17) is 21.4 Å². The molecule has 0 unspecified atom stereocenters. The van der Waals surface area contributed by atoms with Crippen molar-refractivity contribution in [3.63, 3.8) is 0 Å². The molecule has 198 valence electrons. The van der Waals surface area contributed by atoms with Crippen molar-refractivity contribution in [3.8, 4) is 11.3 Å². The molecule has 1 amide bonds. The van der Waals surface area contributed by atoms with Gasteiger partial charge in [-0.1, -0.05) is 30.3 Å². The fourth-order valence-electron chi connectivity index (χ4n) is 4.71. The van der Waals surface area contributed by atoms with Crippen molar-refractivity contribution in [1.82, 2.24) is 15.2 Å². The average Bonchev–Trinajstić information content (AvgIpc) is 3.56. The SMILES string of the molecule is COC(=O)c1cccc(-c2ccc([C@H]3[C@@H](c4ccccn4)NC(=S)N3CCC(=O)Nc3cccc(C)c3)o2)c1. The Morgan fingerprint density at radius 1 is 1.08 bits per heavy atom. The molecular weight excluding hydrogens is 512 g/mol. The van der Waals surface area contributed by atoms with Gasteiger partial charge in [0.15, 0.2) is 5.11 Å². The van der Waals surface area contributed by atoms with Crippen LogP contribution >= 0.6 is 12.2 Å². The van der Waals surface area contributed by atoms with Crippen molar-refractivity contribution >= 4 is 34.9 Å². The predicted octanol–water partition coefficient (Wildman–Crippen LogP) is 5.44. The summed E-state index contributed by atoms with van der Waals surface area (Å²) in [6, 6.07) is 23.6. The molecule has 2 atom stereocenters. The lowest BCUT2D eigenvalue weighted by Crippen LogP contribution is -2.32. The third-order valence-electron chi connectivity index (χ3n) is 6.57. The molecule has 0 aliphatic carbocycles. The van der Waals surface area contributed by atoms with Crippen LogP contribution in [-0.4, -0.2) is 40.5 Å². The first-order valence-electron chi connectivity index (χ1n) is 12.6. The van der Waals surface area contributed by atoms with E-state index < -0.39 is 5.97 Å². The van der Waals surface area contributed by atoms with Crippen molar-refractivity contribution in [3.05, 3.63) is 108 Å². The molecular formula is C30H28N4O4S. The van der Waals surface area contributed by atoms with Gasteiger partial charge in [-0.05, 0) is 73.2 Å². The summed E-state index contributed by atoms with van der Waals surface area (Å²) in [4.78, 5) is 31.4. The van der Waals surface area contributed by atoms with Crippen LogP contribution in [-0.2, 0) is 9.53 Å². The van der Waals surface area contributed by atoms with Crippen LogP contribution in [0.5, 0.6) is 0 Å². The van der Waals surface area contributed by atoms with Gasteiger partial charge in [0, 0.05) is 30.4 Å². The number of anilines is 1. The minimum absolute atomic E-state index is 0.108. The Bertz CT molecular complexity index is 1500. The Hall–Kier alpha value is -4.50. The molecule has 0 bridgehead atoms.